The van der Waals surface area contributed by atoms with Gasteiger partial charge in [-0.15, -0.1) is 11.3 Å². The molecule has 174 valence electrons. The molecule has 3 aliphatic heterocycles. The van der Waals surface area contributed by atoms with E-state index in [0.717, 1.165) is 29.3 Å². The Morgan fingerprint density at radius 3 is 2.21 bits per heavy atom. The fraction of sp³-hybridized carbons (Fsp3) is 0.280. The molecule has 0 saturated carbocycles. The van der Waals surface area contributed by atoms with Gasteiger partial charge >= 0.3 is 0 Å². The molecular formula is C25H22ClN3O4S. The number of imide groups is 1. The molecule has 6 rings (SSSR count). The molecule has 0 radical (unpaired) electrons. The Bertz CT molecular complexity index is 1200. The van der Waals surface area contributed by atoms with E-state index < -0.39 is 18.1 Å². The maximum Gasteiger partial charge on any atom is 0.266 e. The number of hydrogen-bond donors (Lipinski definition) is 0. The van der Waals surface area contributed by atoms with Gasteiger partial charge < -0.3 is 9.64 Å². The van der Waals surface area contributed by atoms with Crippen molar-refractivity contribution in [3.63, 3.8) is 0 Å². The molecule has 0 aliphatic carbocycles. The summed E-state index contributed by atoms with van der Waals surface area (Å²) in [6, 6.07) is 18.3. The zero-order chi connectivity index (χ0) is 23.2. The molecule has 3 fully saturated rings. The number of fused-ring (bicyclic) bond motifs is 1. The van der Waals surface area contributed by atoms with Gasteiger partial charge in [-0.2, -0.15) is 0 Å². The van der Waals surface area contributed by atoms with Gasteiger partial charge in [-0.05, 0) is 60.0 Å². The SMILES string of the molecule is O=C1C2ON(c3ccc(Cl)cc3)C(c3cccs3)C2C(=O)N1c1ccc(N2CCOCC2)cc1. The van der Waals surface area contributed by atoms with Gasteiger partial charge in [0.05, 0.1) is 24.6 Å². The van der Waals surface area contributed by atoms with Crippen molar-refractivity contribution in [2.75, 3.05) is 41.2 Å². The largest absolute Gasteiger partial charge is 0.378 e. The molecule has 9 heteroatoms. The van der Waals surface area contributed by atoms with Gasteiger partial charge in [0.2, 0.25) is 5.91 Å². The molecule has 3 aliphatic rings. The molecule has 1 aromatic heterocycles. The summed E-state index contributed by atoms with van der Waals surface area (Å²) in [4.78, 5) is 37.8. The zero-order valence-corrected chi connectivity index (χ0v) is 19.7. The third kappa shape index (κ3) is 3.58. The minimum Gasteiger partial charge on any atom is -0.378 e. The number of carbonyl (C=O) groups excluding carboxylic acids is 2. The summed E-state index contributed by atoms with van der Waals surface area (Å²) < 4.78 is 5.42. The van der Waals surface area contributed by atoms with Crippen molar-refractivity contribution in [2.45, 2.75) is 12.1 Å². The van der Waals surface area contributed by atoms with Crippen LogP contribution in [-0.4, -0.2) is 44.2 Å². The lowest BCUT2D eigenvalue weighted by Crippen LogP contribution is -2.37. The first kappa shape index (κ1) is 21.6. The number of nitrogens with zero attached hydrogens (tertiary/aromatic N) is 3. The van der Waals surface area contributed by atoms with Crippen LogP contribution in [0, 0.1) is 5.92 Å². The number of anilines is 3. The first-order valence-electron chi connectivity index (χ1n) is 11.2. The van der Waals surface area contributed by atoms with E-state index in [1.807, 2.05) is 53.9 Å². The van der Waals surface area contributed by atoms with Gasteiger partial charge in [0.1, 0.15) is 12.0 Å². The Hall–Kier alpha value is -2.91. The topological polar surface area (TPSA) is 62.3 Å². The summed E-state index contributed by atoms with van der Waals surface area (Å²) in [5.74, 6) is -1.23. The lowest BCUT2D eigenvalue weighted by atomic mass is 9.95. The molecular weight excluding hydrogens is 474 g/mol. The molecule has 3 unspecified atom stereocenters. The third-order valence-corrected chi connectivity index (χ3v) is 7.71. The predicted octanol–water partition coefficient (Wildman–Crippen LogP) is 4.29. The van der Waals surface area contributed by atoms with Gasteiger partial charge in [0.15, 0.2) is 6.10 Å². The normalized spacial score (nSPS) is 24.7. The predicted molar refractivity (Wildman–Crippen MR) is 131 cm³/mol. The number of carbonyl (C=O) groups is 2. The van der Waals surface area contributed by atoms with Crippen LogP contribution in [0.25, 0.3) is 0 Å². The van der Waals surface area contributed by atoms with Gasteiger partial charge in [0, 0.05) is 28.7 Å². The number of benzene rings is 2. The minimum absolute atomic E-state index is 0.246. The van der Waals surface area contributed by atoms with E-state index in [4.69, 9.17) is 21.2 Å². The number of hydroxylamine groups is 1. The maximum absolute atomic E-state index is 13.7. The van der Waals surface area contributed by atoms with Crippen molar-refractivity contribution in [3.8, 4) is 0 Å². The van der Waals surface area contributed by atoms with Crippen molar-refractivity contribution in [2.24, 2.45) is 5.92 Å². The second-order valence-corrected chi connectivity index (χ2v) is 9.86. The molecule has 3 saturated heterocycles. The summed E-state index contributed by atoms with van der Waals surface area (Å²) >= 11 is 7.61. The first-order chi connectivity index (χ1) is 16.6. The smallest absolute Gasteiger partial charge is 0.266 e. The van der Waals surface area contributed by atoms with Crippen LogP contribution in [0.1, 0.15) is 10.9 Å². The molecule has 0 N–H and O–H groups in total. The molecule has 0 spiro atoms. The number of morpholine rings is 1. The number of halogens is 1. The fourth-order valence-electron chi connectivity index (χ4n) is 4.86. The second-order valence-electron chi connectivity index (χ2n) is 8.44. The summed E-state index contributed by atoms with van der Waals surface area (Å²) in [5, 5.41) is 4.26. The van der Waals surface area contributed by atoms with E-state index in [2.05, 4.69) is 4.90 Å². The highest BCUT2D eigenvalue weighted by molar-refractivity contribution is 7.10. The molecule has 7 nitrogen and oxygen atoms in total. The Kier molecular flexibility index (Phi) is 5.53. The molecule has 3 atom stereocenters. The van der Waals surface area contributed by atoms with Crippen LogP contribution in [0.2, 0.25) is 5.02 Å². The average molecular weight is 496 g/mol. The summed E-state index contributed by atoms with van der Waals surface area (Å²) in [7, 11) is 0. The average Bonchev–Trinajstić information content (AvgIpc) is 3.58. The highest BCUT2D eigenvalue weighted by Crippen LogP contribution is 2.48. The molecule has 34 heavy (non-hydrogen) atoms. The number of rotatable bonds is 4. The van der Waals surface area contributed by atoms with E-state index in [9.17, 15) is 9.59 Å². The van der Waals surface area contributed by atoms with Crippen LogP contribution in [-0.2, 0) is 19.2 Å². The van der Waals surface area contributed by atoms with Crippen molar-refractivity contribution in [3.05, 3.63) is 75.9 Å². The highest BCUT2D eigenvalue weighted by Gasteiger charge is 2.60. The van der Waals surface area contributed by atoms with E-state index in [1.165, 1.54) is 4.90 Å². The van der Waals surface area contributed by atoms with E-state index >= 15 is 0 Å². The van der Waals surface area contributed by atoms with Crippen LogP contribution in [0.15, 0.2) is 66.0 Å². The number of hydrogen-bond acceptors (Lipinski definition) is 7. The molecule has 4 heterocycles. The number of thiophene rings is 1. The first-order valence-corrected chi connectivity index (χ1v) is 12.4. The van der Waals surface area contributed by atoms with Crippen LogP contribution in [0.5, 0.6) is 0 Å². The zero-order valence-electron chi connectivity index (χ0n) is 18.2. The summed E-state index contributed by atoms with van der Waals surface area (Å²) in [5.41, 5.74) is 2.36. The van der Waals surface area contributed by atoms with Crippen LogP contribution >= 0.6 is 22.9 Å². The summed E-state index contributed by atoms with van der Waals surface area (Å²) in [6.07, 6.45) is -0.880. The van der Waals surface area contributed by atoms with E-state index in [-0.39, 0.29) is 11.8 Å². The van der Waals surface area contributed by atoms with Crippen molar-refractivity contribution in [1.82, 2.24) is 0 Å². The Balaban J connectivity index is 1.31. The minimum atomic E-state index is -0.880. The summed E-state index contributed by atoms with van der Waals surface area (Å²) in [6.45, 7) is 3.03. The van der Waals surface area contributed by atoms with Crippen LogP contribution in [0.3, 0.4) is 0 Å². The lowest BCUT2D eigenvalue weighted by molar-refractivity contribution is -0.126. The van der Waals surface area contributed by atoms with Crippen LogP contribution < -0.4 is 14.9 Å². The lowest BCUT2D eigenvalue weighted by Gasteiger charge is -2.29. The molecule has 3 aromatic rings. The Morgan fingerprint density at radius 2 is 1.53 bits per heavy atom. The van der Waals surface area contributed by atoms with Crippen molar-refractivity contribution >= 4 is 51.8 Å². The van der Waals surface area contributed by atoms with Crippen LogP contribution in [0.4, 0.5) is 17.1 Å². The van der Waals surface area contributed by atoms with Gasteiger partial charge in [-0.3, -0.25) is 14.4 Å². The quantitative estimate of drug-likeness (QED) is 0.503. The fourth-order valence-corrected chi connectivity index (χ4v) is 5.84. The molecule has 2 amide bonds. The van der Waals surface area contributed by atoms with Crippen molar-refractivity contribution < 1.29 is 19.2 Å². The number of amides is 2. The Labute approximate surface area is 206 Å². The highest BCUT2D eigenvalue weighted by atomic mass is 35.5. The third-order valence-electron chi connectivity index (χ3n) is 6.52. The second kappa shape index (κ2) is 8.70. The number of ether oxygens (including phenoxy) is 1. The Morgan fingerprint density at radius 1 is 0.853 bits per heavy atom. The molecule has 2 aromatic carbocycles. The van der Waals surface area contributed by atoms with Gasteiger partial charge in [0.25, 0.3) is 5.91 Å². The monoisotopic (exact) mass is 495 g/mol. The molecule has 0 bridgehead atoms. The van der Waals surface area contributed by atoms with Gasteiger partial charge in [-0.1, -0.05) is 17.7 Å². The van der Waals surface area contributed by atoms with Crippen molar-refractivity contribution in [1.29, 1.82) is 0 Å². The van der Waals surface area contributed by atoms with Gasteiger partial charge in [-0.25, -0.2) is 9.96 Å². The van der Waals surface area contributed by atoms with E-state index in [0.29, 0.717) is 23.9 Å². The maximum atomic E-state index is 13.7. The van der Waals surface area contributed by atoms with E-state index in [1.54, 1.807) is 28.5 Å². The standard InChI is InChI=1S/C25H22ClN3O4S/c26-16-3-5-19(6-4-16)29-22(20-2-1-15-34-20)21-23(33-29)25(31)28(24(21)30)18-9-7-17(8-10-18)27-11-13-32-14-12-27/h1-10,15,21-23H,11-14H2.